The number of rotatable bonds is 1. The summed E-state index contributed by atoms with van der Waals surface area (Å²) in [5.41, 5.74) is 2.16. The van der Waals surface area contributed by atoms with Crippen LogP contribution in [0.2, 0.25) is 0 Å². The highest BCUT2D eigenvalue weighted by atomic mass is 19.1. The molecule has 1 aromatic rings. The first-order valence-corrected chi connectivity index (χ1v) is 5.64. The minimum atomic E-state index is -0.109. The van der Waals surface area contributed by atoms with Crippen LogP contribution in [-0.4, -0.2) is 13.1 Å². The third kappa shape index (κ3) is 2.37. The van der Waals surface area contributed by atoms with E-state index in [1.54, 1.807) is 12.1 Å². The fourth-order valence-electron chi connectivity index (χ4n) is 2.41. The summed E-state index contributed by atoms with van der Waals surface area (Å²) >= 11 is 0. The maximum atomic E-state index is 13.3. The predicted molar refractivity (Wildman–Crippen MR) is 60.5 cm³/mol. The van der Waals surface area contributed by atoms with Gasteiger partial charge in [0, 0.05) is 6.54 Å². The van der Waals surface area contributed by atoms with Crippen LogP contribution in [0.1, 0.15) is 30.4 Å². The van der Waals surface area contributed by atoms with Crippen LogP contribution in [0.5, 0.6) is 0 Å². The van der Waals surface area contributed by atoms with Crippen LogP contribution in [0.25, 0.3) is 0 Å². The summed E-state index contributed by atoms with van der Waals surface area (Å²) < 4.78 is 13.3. The van der Waals surface area contributed by atoms with Crippen LogP contribution in [-0.2, 0) is 0 Å². The van der Waals surface area contributed by atoms with Gasteiger partial charge in [-0.15, -0.1) is 0 Å². The Bertz CT molecular complexity index is 328. The average Bonchev–Trinajstić information content (AvgIpc) is 2.16. The number of piperidine rings is 1. The molecule has 1 N–H and O–H groups in total. The zero-order valence-corrected chi connectivity index (χ0v) is 9.39. The summed E-state index contributed by atoms with van der Waals surface area (Å²) in [4.78, 5) is 0. The summed E-state index contributed by atoms with van der Waals surface area (Å²) in [5, 5.41) is 3.38. The summed E-state index contributed by atoms with van der Waals surface area (Å²) in [7, 11) is 0. The molecular weight excluding hydrogens is 189 g/mol. The second kappa shape index (κ2) is 4.31. The van der Waals surface area contributed by atoms with Crippen LogP contribution in [0.3, 0.4) is 0 Å². The SMILES string of the molecule is Cc1cc(F)cc(C2CNCCC2C)c1. The lowest BCUT2D eigenvalue weighted by Gasteiger charge is -2.30. The third-order valence-corrected chi connectivity index (χ3v) is 3.32. The van der Waals surface area contributed by atoms with Gasteiger partial charge in [0.25, 0.3) is 0 Å². The average molecular weight is 207 g/mol. The van der Waals surface area contributed by atoms with E-state index in [2.05, 4.69) is 18.3 Å². The van der Waals surface area contributed by atoms with E-state index in [-0.39, 0.29) is 5.82 Å². The van der Waals surface area contributed by atoms with E-state index >= 15 is 0 Å². The van der Waals surface area contributed by atoms with Crippen molar-refractivity contribution < 1.29 is 4.39 Å². The molecule has 0 aliphatic carbocycles. The van der Waals surface area contributed by atoms with Crippen LogP contribution >= 0.6 is 0 Å². The molecule has 82 valence electrons. The topological polar surface area (TPSA) is 12.0 Å². The van der Waals surface area contributed by atoms with E-state index in [0.717, 1.165) is 24.2 Å². The second-order valence-corrected chi connectivity index (χ2v) is 4.64. The van der Waals surface area contributed by atoms with Crippen molar-refractivity contribution in [3.63, 3.8) is 0 Å². The molecule has 0 amide bonds. The van der Waals surface area contributed by atoms with Crippen molar-refractivity contribution in [2.24, 2.45) is 5.92 Å². The predicted octanol–water partition coefficient (Wildman–Crippen LogP) is 2.85. The van der Waals surface area contributed by atoms with Gasteiger partial charge in [0.05, 0.1) is 0 Å². The van der Waals surface area contributed by atoms with Gasteiger partial charge < -0.3 is 5.32 Å². The summed E-state index contributed by atoms with van der Waals surface area (Å²) in [5.74, 6) is 1.00. The summed E-state index contributed by atoms with van der Waals surface area (Å²) in [6.07, 6.45) is 1.18. The first-order valence-electron chi connectivity index (χ1n) is 5.64. The zero-order valence-electron chi connectivity index (χ0n) is 9.39. The lowest BCUT2D eigenvalue weighted by Crippen LogP contribution is -2.33. The number of halogens is 1. The summed E-state index contributed by atoms with van der Waals surface area (Å²) in [6.45, 7) is 6.27. The van der Waals surface area contributed by atoms with Gasteiger partial charge in [-0.1, -0.05) is 13.0 Å². The van der Waals surface area contributed by atoms with E-state index in [0.29, 0.717) is 11.8 Å². The van der Waals surface area contributed by atoms with Crippen molar-refractivity contribution in [1.82, 2.24) is 5.32 Å². The monoisotopic (exact) mass is 207 g/mol. The zero-order chi connectivity index (χ0) is 10.8. The normalized spacial score (nSPS) is 26.6. The van der Waals surface area contributed by atoms with Crippen LogP contribution in [0.4, 0.5) is 4.39 Å². The highest BCUT2D eigenvalue weighted by Gasteiger charge is 2.22. The molecule has 0 aromatic heterocycles. The summed E-state index contributed by atoms with van der Waals surface area (Å²) in [6, 6.07) is 5.38. The molecule has 1 aliphatic heterocycles. The molecule has 2 rings (SSSR count). The molecule has 0 spiro atoms. The minimum absolute atomic E-state index is 0.109. The molecule has 1 heterocycles. The Balaban J connectivity index is 2.27. The van der Waals surface area contributed by atoms with Crippen molar-refractivity contribution in [3.8, 4) is 0 Å². The third-order valence-electron chi connectivity index (χ3n) is 3.32. The van der Waals surface area contributed by atoms with E-state index in [9.17, 15) is 4.39 Å². The molecule has 1 aromatic carbocycles. The lowest BCUT2D eigenvalue weighted by atomic mass is 9.82. The van der Waals surface area contributed by atoms with Gasteiger partial charge >= 0.3 is 0 Å². The van der Waals surface area contributed by atoms with Crippen molar-refractivity contribution in [2.45, 2.75) is 26.2 Å². The Hall–Kier alpha value is -0.890. The number of benzene rings is 1. The van der Waals surface area contributed by atoms with Crippen LogP contribution in [0, 0.1) is 18.7 Å². The molecule has 0 bridgehead atoms. The van der Waals surface area contributed by atoms with Gasteiger partial charge in [-0.2, -0.15) is 0 Å². The van der Waals surface area contributed by atoms with Crippen LogP contribution in [0.15, 0.2) is 18.2 Å². The lowest BCUT2D eigenvalue weighted by molar-refractivity contribution is 0.347. The molecule has 1 fully saturated rings. The second-order valence-electron chi connectivity index (χ2n) is 4.64. The molecule has 2 unspecified atom stereocenters. The van der Waals surface area contributed by atoms with Crippen molar-refractivity contribution >= 4 is 0 Å². The van der Waals surface area contributed by atoms with Gasteiger partial charge in [0.1, 0.15) is 5.82 Å². The number of hydrogen-bond donors (Lipinski definition) is 1. The number of nitrogens with one attached hydrogen (secondary N) is 1. The van der Waals surface area contributed by atoms with E-state index in [4.69, 9.17) is 0 Å². The Morgan fingerprint density at radius 1 is 1.33 bits per heavy atom. The van der Waals surface area contributed by atoms with E-state index < -0.39 is 0 Å². The van der Waals surface area contributed by atoms with E-state index in [1.165, 1.54) is 6.42 Å². The van der Waals surface area contributed by atoms with E-state index in [1.807, 2.05) is 6.92 Å². The van der Waals surface area contributed by atoms with Crippen LogP contribution < -0.4 is 5.32 Å². The number of hydrogen-bond acceptors (Lipinski definition) is 1. The Labute approximate surface area is 90.7 Å². The van der Waals surface area contributed by atoms with Gasteiger partial charge in [0.2, 0.25) is 0 Å². The fraction of sp³-hybridized carbons (Fsp3) is 0.538. The van der Waals surface area contributed by atoms with Gasteiger partial charge in [-0.25, -0.2) is 4.39 Å². The smallest absolute Gasteiger partial charge is 0.123 e. The van der Waals surface area contributed by atoms with Gasteiger partial charge in [-0.05, 0) is 55.0 Å². The maximum absolute atomic E-state index is 13.3. The highest BCUT2D eigenvalue weighted by Crippen LogP contribution is 2.29. The molecular formula is C13H18FN. The molecule has 1 saturated heterocycles. The molecule has 2 atom stereocenters. The molecule has 15 heavy (non-hydrogen) atoms. The molecule has 1 nitrogen and oxygen atoms in total. The van der Waals surface area contributed by atoms with Crippen molar-refractivity contribution in [1.29, 1.82) is 0 Å². The largest absolute Gasteiger partial charge is 0.316 e. The van der Waals surface area contributed by atoms with Crippen molar-refractivity contribution in [2.75, 3.05) is 13.1 Å². The fourth-order valence-corrected chi connectivity index (χ4v) is 2.41. The minimum Gasteiger partial charge on any atom is -0.316 e. The highest BCUT2D eigenvalue weighted by molar-refractivity contribution is 5.27. The maximum Gasteiger partial charge on any atom is 0.123 e. The first kappa shape index (κ1) is 10.6. The number of aryl methyl sites for hydroxylation is 1. The standard InChI is InChI=1S/C13H18FN/c1-9-5-11(7-12(14)6-9)13-8-15-4-3-10(13)2/h5-7,10,13,15H,3-4,8H2,1-2H3. The Morgan fingerprint density at radius 2 is 2.13 bits per heavy atom. The Kier molecular flexibility index (Phi) is 3.06. The Morgan fingerprint density at radius 3 is 2.80 bits per heavy atom. The molecule has 1 aliphatic rings. The van der Waals surface area contributed by atoms with Gasteiger partial charge in [0.15, 0.2) is 0 Å². The molecule has 0 saturated carbocycles. The first-order chi connectivity index (χ1) is 7.16. The molecule has 0 radical (unpaired) electrons. The quantitative estimate of drug-likeness (QED) is 0.746. The van der Waals surface area contributed by atoms with Gasteiger partial charge in [-0.3, -0.25) is 0 Å². The molecule has 2 heteroatoms. The van der Waals surface area contributed by atoms with Crippen molar-refractivity contribution in [3.05, 3.63) is 35.1 Å².